The van der Waals surface area contributed by atoms with Gasteiger partial charge in [-0.15, -0.1) is 10.2 Å². The van der Waals surface area contributed by atoms with E-state index in [4.69, 9.17) is 4.42 Å². The summed E-state index contributed by atoms with van der Waals surface area (Å²) in [7, 11) is 1.92. The number of rotatable bonds is 4. The Morgan fingerprint density at radius 1 is 1.41 bits per heavy atom. The van der Waals surface area contributed by atoms with E-state index < -0.39 is 0 Å². The van der Waals surface area contributed by atoms with Crippen LogP contribution in [0, 0.1) is 6.92 Å². The van der Waals surface area contributed by atoms with E-state index in [0.717, 1.165) is 10.6 Å². The molecule has 17 heavy (non-hydrogen) atoms. The van der Waals surface area contributed by atoms with Gasteiger partial charge in [0.2, 0.25) is 5.89 Å². The van der Waals surface area contributed by atoms with Gasteiger partial charge in [0.05, 0.1) is 0 Å². The SMILES string of the molecule is CNC(C)c1cccnc1Sc1nnc(C)o1. The first-order valence-corrected chi connectivity index (χ1v) is 6.12. The average Bonchev–Trinajstić information content (AvgIpc) is 2.74. The maximum atomic E-state index is 5.34. The van der Waals surface area contributed by atoms with Gasteiger partial charge in [0.15, 0.2) is 0 Å². The van der Waals surface area contributed by atoms with Crippen molar-refractivity contribution in [3.63, 3.8) is 0 Å². The molecule has 0 bridgehead atoms. The molecule has 2 aromatic heterocycles. The Morgan fingerprint density at radius 3 is 2.88 bits per heavy atom. The summed E-state index contributed by atoms with van der Waals surface area (Å²) in [5.74, 6) is 0.562. The number of hydrogen-bond donors (Lipinski definition) is 1. The molecule has 0 radical (unpaired) electrons. The number of hydrogen-bond acceptors (Lipinski definition) is 6. The number of aryl methyl sites for hydroxylation is 1. The second kappa shape index (κ2) is 5.29. The Labute approximate surface area is 104 Å². The predicted octanol–water partition coefficient (Wildman–Crippen LogP) is 2.20. The minimum atomic E-state index is 0.232. The summed E-state index contributed by atoms with van der Waals surface area (Å²) in [4.78, 5) is 4.35. The fraction of sp³-hybridized carbons (Fsp3) is 0.364. The van der Waals surface area contributed by atoms with Crippen LogP contribution in [0.1, 0.15) is 24.4 Å². The first kappa shape index (κ1) is 12.1. The molecule has 0 aliphatic rings. The maximum Gasteiger partial charge on any atom is 0.282 e. The van der Waals surface area contributed by atoms with E-state index in [-0.39, 0.29) is 6.04 Å². The smallest absolute Gasteiger partial charge is 0.282 e. The van der Waals surface area contributed by atoms with Gasteiger partial charge in [-0.2, -0.15) is 0 Å². The molecule has 1 atom stereocenters. The standard InChI is InChI=1S/C11H14N4OS/c1-7(12-3)9-5-4-6-13-10(9)17-11-15-14-8(2)16-11/h4-7,12H,1-3H3. The second-order valence-corrected chi connectivity index (χ2v) is 4.54. The third-order valence-electron chi connectivity index (χ3n) is 2.39. The van der Waals surface area contributed by atoms with Gasteiger partial charge in [-0.25, -0.2) is 4.98 Å². The molecule has 0 aromatic carbocycles. The third-order valence-corrected chi connectivity index (χ3v) is 3.27. The van der Waals surface area contributed by atoms with Crippen LogP contribution in [-0.4, -0.2) is 22.2 Å². The van der Waals surface area contributed by atoms with E-state index in [1.165, 1.54) is 11.8 Å². The Hall–Kier alpha value is -1.40. The molecule has 1 unspecified atom stereocenters. The molecule has 2 aromatic rings. The lowest BCUT2D eigenvalue weighted by atomic mass is 10.1. The predicted molar refractivity (Wildman–Crippen MR) is 64.9 cm³/mol. The fourth-order valence-corrected chi connectivity index (χ4v) is 2.26. The van der Waals surface area contributed by atoms with Gasteiger partial charge < -0.3 is 9.73 Å². The molecule has 2 rings (SSSR count). The molecule has 2 heterocycles. The van der Waals surface area contributed by atoms with Crippen molar-refractivity contribution in [1.82, 2.24) is 20.5 Å². The third kappa shape index (κ3) is 2.83. The van der Waals surface area contributed by atoms with Crippen molar-refractivity contribution < 1.29 is 4.42 Å². The first-order valence-electron chi connectivity index (χ1n) is 5.31. The van der Waals surface area contributed by atoms with Crippen molar-refractivity contribution in [3.8, 4) is 0 Å². The lowest BCUT2D eigenvalue weighted by Gasteiger charge is -2.12. The van der Waals surface area contributed by atoms with Gasteiger partial charge >= 0.3 is 0 Å². The van der Waals surface area contributed by atoms with Crippen LogP contribution >= 0.6 is 11.8 Å². The molecule has 0 spiro atoms. The zero-order valence-corrected chi connectivity index (χ0v) is 10.8. The molecule has 0 amide bonds. The lowest BCUT2D eigenvalue weighted by Crippen LogP contribution is -2.13. The summed E-state index contributed by atoms with van der Waals surface area (Å²) in [5, 5.41) is 12.3. The maximum absolute atomic E-state index is 5.34. The molecule has 0 saturated carbocycles. The highest BCUT2D eigenvalue weighted by Crippen LogP contribution is 2.30. The van der Waals surface area contributed by atoms with E-state index in [0.29, 0.717) is 11.1 Å². The van der Waals surface area contributed by atoms with Gasteiger partial charge in [0.1, 0.15) is 5.03 Å². The Bertz CT molecular complexity index is 500. The van der Waals surface area contributed by atoms with Crippen LogP contribution in [0.5, 0.6) is 0 Å². The average molecular weight is 250 g/mol. The zero-order valence-electron chi connectivity index (χ0n) is 9.97. The fourth-order valence-electron chi connectivity index (χ4n) is 1.38. The van der Waals surface area contributed by atoms with Gasteiger partial charge in [-0.1, -0.05) is 6.07 Å². The van der Waals surface area contributed by atoms with Gasteiger partial charge in [-0.3, -0.25) is 0 Å². The Morgan fingerprint density at radius 2 is 2.24 bits per heavy atom. The summed E-state index contributed by atoms with van der Waals surface area (Å²) < 4.78 is 5.34. The summed E-state index contributed by atoms with van der Waals surface area (Å²) in [6, 6.07) is 4.20. The number of pyridine rings is 1. The Balaban J connectivity index is 2.26. The van der Waals surface area contributed by atoms with Gasteiger partial charge in [0, 0.05) is 24.7 Å². The topological polar surface area (TPSA) is 63.8 Å². The molecule has 0 aliphatic heterocycles. The highest BCUT2D eigenvalue weighted by Gasteiger charge is 2.13. The van der Waals surface area contributed by atoms with E-state index in [1.807, 2.05) is 19.2 Å². The van der Waals surface area contributed by atoms with Crippen molar-refractivity contribution in [2.75, 3.05) is 7.05 Å². The van der Waals surface area contributed by atoms with E-state index in [1.54, 1.807) is 13.1 Å². The van der Waals surface area contributed by atoms with Crippen LogP contribution in [0.25, 0.3) is 0 Å². The van der Waals surface area contributed by atoms with Crippen molar-refractivity contribution >= 4 is 11.8 Å². The molecule has 5 nitrogen and oxygen atoms in total. The number of nitrogens with one attached hydrogen (secondary N) is 1. The van der Waals surface area contributed by atoms with Crippen molar-refractivity contribution in [2.45, 2.75) is 30.1 Å². The van der Waals surface area contributed by atoms with Crippen LogP contribution in [0.3, 0.4) is 0 Å². The van der Waals surface area contributed by atoms with Crippen molar-refractivity contribution in [3.05, 3.63) is 29.8 Å². The van der Waals surface area contributed by atoms with Crippen LogP contribution in [-0.2, 0) is 0 Å². The van der Waals surface area contributed by atoms with E-state index >= 15 is 0 Å². The number of nitrogens with zero attached hydrogens (tertiary/aromatic N) is 3. The van der Waals surface area contributed by atoms with Crippen molar-refractivity contribution in [1.29, 1.82) is 0 Å². The van der Waals surface area contributed by atoms with Crippen LogP contribution in [0.15, 0.2) is 33.0 Å². The first-order chi connectivity index (χ1) is 8.20. The van der Waals surface area contributed by atoms with Crippen LogP contribution in [0.4, 0.5) is 0 Å². The molecule has 0 fully saturated rings. The highest BCUT2D eigenvalue weighted by molar-refractivity contribution is 7.99. The zero-order chi connectivity index (χ0) is 12.3. The molecule has 90 valence electrons. The van der Waals surface area contributed by atoms with Crippen molar-refractivity contribution in [2.24, 2.45) is 0 Å². The molecular weight excluding hydrogens is 236 g/mol. The minimum absolute atomic E-state index is 0.232. The largest absolute Gasteiger partial charge is 0.416 e. The second-order valence-electron chi connectivity index (χ2n) is 3.60. The van der Waals surface area contributed by atoms with Gasteiger partial charge in [0.25, 0.3) is 5.22 Å². The summed E-state index contributed by atoms with van der Waals surface area (Å²) in [6.07, 6.45) is 1.76. The van der Waals surface area contributed by atoms with E-state index in [2.05, 4.69) is 27.4 Å². The number of aromatic nitrogens is 3. The normalized spacial score (nSPS) is 12.6. The molecule has 0 aliphatic carbocycles. The molecule has 1 N–H and O–H groups in total. The van der Waals surface area contributed by atoms with Gasteiger partial charge in [-0.05, 0) is 31.8 Å². The quantitative estimate of drug-likeness (QED) is 0.897. The molecule has 6 heteroatoms. The lowest BCUT2D eigenvalue weighted by molar-refractivity contribution is 0.429. The summed E-state index contributed by atoms with van der Waals surface area (Å²) in [6.45, 7) is 3.85. The van der Waals surface area contributed by atoms with E-state index in [9.17, 15) is 0 Å². The molecular formula is C11H14N4OS. The summed E-state index contributed by atoms with van der Waals surface area (Å²) in [5.41, 5.74) is 1.12. The monoisotopic (exact) mass is 250 g/mol. The summed E-state index contributed by atoms with van der Waals surface area (Å²) >= 11 is 1.39. The highest BCUT2D eigenvalue weighted by atomic mass is 32.2. The Kier molecular flexibility index (Phi) is 3.75. The minimum Gasteiger partial charge on any atom is -0.416 e. The van der Waals surface area contributed by atoms with Crippen LogP contribution in [0.2, 0.25) is 0 Å². The molecule has 0 saturated heterocycles. The van der Waals surface area contributed by atoms with Crippen LogP contribution < -0.4 is 5.32 Å².